The van der Waals surface area contributed by atoms with Crippen molar-refractivity contribution in [1.82, 2.24) is 0 Å². The van der Waals surface area contributed by atoms with Crippen LogP contribution in [-0.4, -0.2) is 13.2 Å². The lowest BCUT2D eigenvalue weighted by Gasteiger charge is -2.24. The van der Waals surface area contributed by atoms with Crippen molar-refractivity contribution in [2.75, 3.05) is 13.2 Å². The van der Waals surface area contributed by atoms with Crippen molar-refractivity contribution >= 4 is 0 Å². The van der Waals surface area contributed by atoms with E-state index in [0.717, 1.165) is 31.0 Å². The second-order valence-electron chi connectivity index (χ2n) is 5.20. The van der Waals surface area contributed by atoms with Crippen LogP contribution in [0.5, 0.6) is 0 Å². The first-order valence-electron chi connectivity index (χ1n) is 6.67. The molecule has 0 bridgehead atoms. The molecule has 0 spiro atoms. The van der Waals surface area contributed by atoms with E-state index in [9.17, 15) is 0 Å². The lowest BCUT2D eigenvalue weighted by molar-refractivity contribution is 0.141. The second kappa shape index (κ2) is 9.21. The van der Waals surface area contributed by atoms with Crippen LogP contribution in [0.1, 0.15) is 60.3 Å². The van der Waals surface area contributed by atoms with Gasteiger partial charge >= 0.3 is 0 Å². The average molecular weight is 214 g/mol. The van der Waals surface area contributed by atoms with Gasteiger partial charge in [0.2, 0.25) is 0 Å². The highest BCUT2D eigenvalue weighted by atomic mass is 16.5. The average Bonchev–Trinajstić information content (AvgIpc) is 2.15. The van der Waals surface area contributed by atoms with Crippen molar-refractivity contribution in [3.05, 3.63) is 0 Å². The van der Waals surface area contributed by atoms with E-state index in [-0.39, 0.29) is 0 Å². The van der Waals surface area contributed by atoms with Crippen LogP contribution in [-0.2, 0) is 4.74 Å². The fraction of sp³-hybridized carbons (Fsp3) is 1.00. The number of rotatable bonds is 9. The van der Waals surface area contributed by atoms with Gasteiger partial charge in [0.1, 0.15) is 0 Å². The molecule has 0 fully saturated rings. The summed E-state index contributed by atoms with van der Waals surface area (Å²) in [6, 6.07) is 0. The molecule has 0 unspecified atom stereocenters. The fourth-order valence-corrected chi connectivity index (χ4v) is 2.34. The minimum atomic E-state index is 0.830. The first kappa shape index (κ1) is 15.0. The quantitative estimate of drug-likeness (QED) is 0.513. The zero-order valence-corrected chi connectivity index (χ0v) is 11.4. The van der Waals surface area contributed by atoms with Crippen molar-refractivity contribution < 1.29 is 4.74 Å². The summed E-state index contributed by atoms with van der Waals surface area (Å²) in [5, 5.41) is 0. The molecule has 0 aliphatic rings. The Hall–Kier alpha value is -0.0400. The Labute approximate surface area is 96.6 Å². The predicted octanol–water partition coefficient (Wildman–Crippen LogP) is 4.51. The largest absolute Gasteiger partial charge is 0.382 e. The summed E-state index contributed by atoms with van der Waals surface area (Å²) in [6.07, 6.45) is 5.32. The topological polar surface area (TPSA) is 9.23 Å². The van der Waals surface area contributed by atoms with Gasteiger partial charge in [-0.2, -0.15) is 0 Å². The fourth-order valence-electron chi connectivity index (χ4n) is 2.34. The predicted molar refractivity (Wildman–Crippen MR) is 68.1 cm³/mol. The summed E-state index contributed by atoms with van der Waals surface area (Å²) in [4.78, 5) is 0. The Morgan fingerprint density at radius 3 is 1.93 bits per heavy atom. The Bertz CT molecular complexity index is 121. The number of hydrogen-bond donors (Lipinski definition) is 0. The molecule has 0 rings (SSSR count). The molecule has 15 heavy (non-hydrogen) atoms. The summed E-state index contributed by atoms with van der Waals surface area (Å²) in [6.45, 7) is 13.3. The van der Waals surface area contributed by atoms with E-state index in [2.05, 4.69) is 34.6 Å². The lowest BCUT2D eigenvalue weighted by Crippen LogP contribution is -2.15. The van der Waals surface area contributed by atoms with E-state index in [1.807, 2.05) is 0 Å². The molecule has 0 aliphatic heterocycles. The summed E-state index contributed by atoms with van der Waals surface area (Å²) in [5.41, 5.74) is 0. The van der Waals surface area contributed by atoms with Gasteiger partial charge in [0.25, 0.3) is 0 Å². The van der Waals surface area contributed by atoms with Crippen LogP contribution >= 0.6 is 0 Å². The maximum Gasteiger partial charge on any atom is 0.0465 e. The third-order valence-corrected chi connectivity index (χ3v) is 3.24. The van der Waals surface area contributed by atoms with Gasteiger partial charge in [-0.15, -0.1) is 0 Å². The van der Waals surface area contributed by atoms with Crippen LogP contribution in [0.4, 0.5) is 0 Å². The lowest BCUT2D eigenvalue weighted by atomic mass is 9.82. The van der Waals surface area contributed by atoms with Gasteiger partial charge in [0.05, 0.1) is 0 Å². The van der Waals surface area contributed by atoms with Crippen molar-refractivity contribution in [2.24, 2.45) is 17.8 Å². The van der Waals surface area contributed by atoms with E-state index in [4.69, 9.17) is 4.74 Å². The number of ether oxygens (including phenoxy) is 1. The number of hydrogen-bond acceptors (Lipinski definition) is 1. The van der Waals surface area contributed by atoms with E-state index >= 15 is 0 Å². The smallest absolute Gasteiger partial charge is 0.0465 e. The Morgan fingerprint density at radius 1 is 0.867 bits per heavy atom. The van der Waals surface area contributed by atoms with Crippen LogP contribution in [0.25, 0.3) is 0 Å². The third kappa shape index (κ3) is 7.84. The van der Waals surface area contributed by atoms with Gasteiger partial charge in [0, 0.05) is 13.2 Å². The molecule has 0 aromatic rings. The van der Waals surface area contributed by atoms with Crippen molar-refractivity contribution in [1.29, 1.82) is 0 Å². The first-order valence-corrected chi connectivity index (χ1v) is 6.67. The molecule has 0 atom stereocenters. The minimum Gasteiger partial charge on any atom is -0.382 e. The summed E-state index contributed by atoms with van der Waals surface area (Å²) in [5.74, 6) is 2.56. The van der Waals surface area contributed by atoms with E-state index in [0.29, 0.717) is 0 Å². The molecule has 0 aromatic carbocycles. The van der Waals surface area contributed by atoms with Gasteiger partial charge < -0.3 is 4.74 Å². The van der Waals surface area contributed by atoms with Crippen LogP contribution in [0, 0.1) is 17.8 Å². The third-order valence-electron chi connectivity index (χ3n) is 3.24. The Kier molecular flexibility index (Phi) is 9.18. The number of unbranched alkanes of at least 4 members (excludes halogenated alkanes) is 2. The molecule has 0 saturated heterocycles. The molecule has 0 aromatic heterocycles. The molecule has 1 heteroatoms. The summed E-state index contributed by atoms with van der Waals surface area (Å²) >= 11 is 0. The van der Waals surface area contributed by atoms with E-state index < -0.39 is 0 Å². The maximum absolute atomic E-state index is 5.34. The van der Waals surface area contributed by atoms with Gasteiger partial charge in [0.15, 0.2) is 0 Å². The van der Waals surface area contributed by atoms with Crippen LogP contribution in [0.2, 0.25) is 0 Å². The molecule has 0 aliphatic carbocycles. The molecule has 0 N–H and O–H groups in total. The molecule has 1 nitrogen and oxygen atoms in total. The zero-order valence-electron chi connectivity index (χ0n) is 11.4. The minimum absolute atomic E-state index is 0.830. The maximum atomic E-state index is 5.34. The Balaban J connectivity index is 3.46. The molecule has 92 valence electrons. The van der Waals surface area contributed by atoms with Crippen molar-refractivity contribution in [3.63, 3.8) is 0 Å². The van der Waals surface area contributed by atoms with Gasteiger partial charge in [-0.1, -0.05) is 40.5 Å². The SMILES string of the molecule is CCOCCCCCC(C(C)C)C(C)C. The summed E-state index contributed by atoms with van der Waals surface area (Å²) < 4.78 is 5.34. The molecular formula is C14H30O. The molecule has 0 radical (unpaired) electrons. The molecule has 0 amide bonds. The highest BCUT2D eigenvalue weighted by Gasteiger charge is 2.16. The highest BCUT2D eigenvalue weighted by Crippen LogP contribution is 2.26. The van der Waals surface area contributed by atoms with Gasteiger partial charge in [-0.05, 0) is 37.5 Å². The van der Waals surface area contributed by atoms with Crippen LogP contribution in [0.15, 0.2) is 0 Å². The standard InChI is InChI=1S/C14H30O/c1-6-15-11-9-7-8-10-14(12(2)3)13(4)5/h12-14H,6-11H2,1-5H3. The molecular weight excluding hydrogens is 184 g/mol. The van der Waals surface area contributed by atoms with E-state index in [1.165, 1.54) is 25.7 Å². The Morgan fingerprint density at radius 2 is 1.47 bits per heavy atom. The zero-order chi connectivity index (χ0) is 11.7. The summed E-state index contributed by atoms with van der Waals surface area (Å²) in [7, 11) is 0. The first-order chi connectivity index (χ1) is 7.09. The van der Waals surface area contributed by atoms with E-state index in [1.54, 1.807) is 0 Å². The van der Waals surface area contributed by atoms with Crippen molar-refractivity contribution in [2.45, 2.75) is 60.3 Å². The molecule has 0 heterocycles. The monoisotopic (exact) mass is 214 g/mol. The second-order valence-corrected chi connectivity index (χ2v) is 5.20. The highest BCUT2D eigenvalue weighted by molar-refractivity contribution is 4.66. The van der Waals surface area contributed by atoms with Gasteiger partial charge in [-0.3, -0.25) is 0 Å². The normalized spacial score (nSPS) is 12.0. The van der Waals surface area contributed by atoms with Crippen molar-refractivity contribution in [3.8, 4) is 0 Å². The molecule has 0 saturated carbocycles. The van der Waals surface area contributed by atoms with Crippen LogP contribution in [0.3, 0.4) is 0 Å². The van der Waals surface area contributed by atoms with Crippen LogP contribution < -0.4 is 0 Å². The van der Waals surface area contributed by atoms with Gasteiger partial charge in [-0.25, -0.2) is 0 Å².